The Morgan fingerprint density at radius 3 is 1.39 bits per heavy atom. The first kappa shape index (κ1) is 36.8. The number of aliphatic hydroxyl groups is 4. The summed E-state index contributed by atoms with van der Waals surface area (Å²) in [7, 11) is 0. The molecule has 226 valence electrons. The van der Waals surface area contributed by atoms with Crippen LogP contribution < -0.4 is 0 Å². The maximum absolute atomic E-state index is 12.4. The molecule has 0 saturated carbocycles. The maximum atomic E-state index is 12.4. The van der Waals surface area contributed by atoms with Gasteiger partial charge >= 0.3 is 11.9 Å². The van der Waals surface area contributed by atoms with Crippen LogP contribution in [0.15, 0.2) is 0 Å². The largest absolute Gasteiger partial charge is 0.462 e. The normalized spacial score (nSPS) is 14.6. The lowest BCUT2D eigenvalue weighted by Gasteiger charge is -2.28. The molecule has 0 aliphatic rings. The van der Waals surface area contributed by atoms with Crippen LogP contribution in [0.3, 0.4) is 0 Å². The van der Waals surface area contributed by atoms with Gasteiger partial charge in [-0.1, -0.05) is 117 Å². The first-order valence-corrected chi connectivity index (χ1v) is 15.4. The number of carbonyl (C=O) groups is 2. The van der Waals surface area contributed by atoms with Crippen molar-refractivity contribution in [2.45, 2.75) is 167 Å². The molecule has 0 aromatic rings. The van der Waals surface area contributed by atoms with Gasteiger partial charge in [0.1, 0.15) is 24.9 Å². The smallest absolute Gasteiger partial charge is 0.306 e. The van der Waals surface area contributed by atoms with E-state index in [4.69, 9.17) is 14.6 Å². The zero-order valence-corrected chi connectivity index (χ0v) is 24.3. The molecule has 0 saturated heterocycles. The van der Waals surface area contributed by atoms with Crippen LogP contribution in [0.5, 0.6) is 0 Å². The van der Waals surface area contributed by atoms with Crippen molar-refractivity contribution in [2.24, 2.45) is 0 Å². The first-order valence-electron chi connectivity index (χ1n) is 15.4. The third-order valence-corrected chi connectivity index (χ3v) is 6.97. The fourth-order valence-electron chi connectivity index (χ4n) is 4.39. The summed E-state index contributed by atoms with van der Waals surface area (Å²) in [6.45, 7) is 3.21. The molecule has 0 unspecified atom stereocenters. The minimum atomic E-state index is -1.75. The summed E-state index contributed by atoms with van der Waals surface area (Å²) in [4.78, 5) is 24.5. The zero-order valence-electron chi connectivity index (χ0n) is 24.3. The van der Waals surface area contributed by atoms with E-state index in [0.717, 1.165) is 38.5 Å². The second-order valence-electron chi connectivity index (χ2n) is 10.6. The quantitative estimate of drug-likeness (QED) is 0.0799. The van der Waals surface area contributed by atoms with Crippen molar-refractivity contribution in [3.05, 3.63) is 0 Å². The summed E-state index contributed by atoms with van der Waals surface area (Å²) >= 11 is 0. The fourth-order valence-corrected chi connectivity index (χ4v) is 4.39. The zero-order chi connectivity index (χ0) is 28.4. The van der Waals surface area contributed by atoms with Crippen LogP contribution in [0.25, 0.3) is 0 Å². The molecule has 38 heavy (non-hydrogen) atoms. The van der Waals surface area contributed by atoms with E-state index in [-0.39, 0.29) is 12.8 Å². The van der Waals surface area contributed by atoms with Gasteiger partial charge in [-0.05, 0) is 12.8 Å². The average Bonchev–Trinajstić information content (AvgIpc) is 2.92. The van der Waals surface area contributed by atoms with Gasteiger partial charge in [0.25, 0.3) is 0 Å². The van der Waals surface area contributed by atoms with Crippen LogP contribution in [0.2, 0.25) is 0 Å². The van der Waals surface area contributed by atoms with Crippen molar-refractivity contribution in [3.63, 3.8) is 0 Å². The van der Waals surface area contributed by atoms with E-state index >= 15 is 0 Å². The molecule has 0 heterocycles. The van der Waals surface area contributed by atoms with Gasteiger partial charge in [0.2, 0.25) is 0 Å². The van der Waals surface area contributed by atoms with Crippen molar-refractivity contribution < 1.29 is 39.5 Å². The van der Waals surface area contributed by atoms with Crippen LogP contribution >= 0.6 is 0 Å². The third-order valence-electron chi connectivity index (χ3n) is 6.97. The SMILES string of the molecule is CCCCCCCCCCCC(=O)OC[C@@H](OC(=O)CCCCCCCCCCC)[C@@H](O)[C@H](O)[C@@H](O)CO. The Morgan fingerprint density at radius 2 is 0.974 bits per heavy atom. The number of esters is 2. The van der Waals surface area contributed by atoms with E-state index in [1.165, 1.54) is 64.2 Å². The molecule has 0 aromatic heterocycles. The molecule has 0 aromatic carbocycles. The van der Waals surface area contributed by atoms with Crippen molar-refractivity contribution >= 4 is 11.9 Å². The molecule has 0 amide bonds. The summed E-state index contributed by atoms with van der Waals surface area (Å²) in [5, 5.41) is 39.3. The Hall–Kier alpha value is -1.22. The minimum absolute atomic E-state index is 0.157. The van der Waals surface area contributed by atoms with Crippen molar-refractivity contribution in [1.82, 2.24) is 0 Å². The lowest BCUT2D eigenvalue weighted by atomic mass is 10.0. The molecule has 8 nitrogen and oxygen atoms in total. The predicted molar refractivity (Wildman–Crippen MR) is 150 cm³/mol. The molecule has 0 radical (unpaired) electrons. The van der Waals surface area contributed by atoms with Crippen molar-refractivity contribution in [1.29, 1.82) is 0 Å². The standard InChI is InChI=1S/C30H58O8/c1-3-5-7-9-11-13-15-17-19-21-27(33)37-24-26(30(36)29(35)25(32)23-31)38-28(34)22-20-18-16-14-12-10-8-6-4-2/h25-26,29-32,35-36H,3-24H2,1-2H3/t25-,26+,29+,30+/m0/s1. The lowest BCUT2D eigenvalue weighted by Crippen LogP contribution is -2.49. The number of carbonyl (C=O) groups excluding carboxylic acids is 2. The monoisotopic (exact) mass is 546 g/mol. The summed E-state index contributed by atoms with van der Waals surface area (Å²) in [6.07, 6.45) is 14.1. The van der Waals surface area contributed by atoms with Crippen LogP contribution in [0, 0.1) is 0 Å². The molecular formula is C30H58O8. The maximum Gasteiger partial charge on any atom is 0.306 e. The second kappa shape index (κ2) is 26.0. The highest BCUT2D eigenvalue weighted by molar-refractivity contribution is 5.70. The molecule has 0 fully saturated rings. The third kappa shape index (κ3) is 20.7. The number of hydrogen-bond acceptors (Lipinski definition) is 8. The number of rotatable bonds is 27. The van der Waals surface area contributed by atoms with Gasteiger partial charge in [-0.15, -0.1) is 0 Å². The number of ether oxygens (including phenoxy) is 2. The van der Waals surface area contributed by atoms with Gasteiger partial charge in [-0.3, -0.25) is 9.59 Å². The number of hydrogen-bond donors (Lipinski definition) is 4. The minimum Gasteiger partial charge on any atom is -0.462 e. The van der Waals surface area contributed by atoms with Crippen LogP contribution in [-0.2, 0) is 19.1 Å². The summed E-state index contributed by atoms with van der Waals surface area (Å²) in [5.41, 5.74) is 0. The van der Waals surface area contributed by atoms with E-state index in [1.54, 1.807) is 0 Å². The highest BCUT2D eigenvalue weighted by Crippen LogP contribution is 2.15. The molecular weight excluding hydrogens is 488 g/mol. The van der Waals surface area contributed by atoms with E-state index in [1.807, 2.05) is 0 Å². The van der Waals surface area contributed by atoms with Crippen LogP contribution in [0.1, 0.15) is 142 Å². The Labute approximate surface area is 231 Å². The Morgan fingerprint density at radius 1 is 0.579 bits per heavy atom. The average molecular weight is 547 g/mol. The van der Waals surface area contributed by atoms with E-state index < -0.39 is 49.6 Å². The molecule has 0 aliphatic carbocycles. The van der Waals surface area contributed by atoms with Gasteiger partial charge in [0.05, 0.1) is 6.61 Å². The second-order valence-corrected chi connectivity index (χ2v) is 10.6. The Bertz CT molecular complexity index is 556. The highest BCUT2D eigenvalue weighted by atomic mass is 16.6. The molecule has 0 bridgehead atoms. The molecule has 0 spiro atoms. The fraction of sp³-hybridized carbons (Fsp3) is 0.933. The van der Waals surface area contributed by atoms with E-state index in [9.17, 15) is 24.9 Å². The van der Waals surface area contributed by atoms with Crippen molar-refractivity contribution in [2.75, 3.05) is 13.2 Å². The van der Waals surface area contributed by atoms with E-state index in [2.05, 4.69) is 13.8 Å². The molecule has 4 N–H and O–H groups in total. The van der Waals surface area contributed by atoms with Gasteiger partial charge < -0.3 is 29.9 Å². The van der Waals surface area contributed by atoms with Gasteiger partial charge in [0.15, 0.2) is 6.10 Å². The predicted octanol–water partition coefficient (Wildman–Crippen LogP) is 5.36. The van der Waals surface area contributed by atoms with Gasteiger partial charge in [0, 0.05) is 12.8 Å². The molecule has 0 rings (SSSR count). The topological polar surface area (TPSA) is 134 Å². The summed E-state index contributed by atoms with van der Waals surface area (Å²) < 4.78 is 10.6. The van der Waals surface area contributed by atoms with Crippen LogP contribution in [0.4, 0.5) is 0 Å². The molecule has 8 heteroatoms. The Balaban J connectivity index is 4.37. The van der Waals surface area contributed by atoms with Crippen molar-refractivity contribution in [3.8, 4) is 0 Å². The Kier molecular flexibility index (Phi) is 25.2. The van der Waals surface area contributed by atoms with Crippen LogP contribution in [-0.4, -0.2) is 70.0 Å². The highest BCUT2D eigenvalue weighted by Gasteiger charge is 2.34. The summed E-state index contributed by atoms with van der Waals surface area (Å²) in [6, 6.07) is 0. The number of aliphatic hydroxyl groups excluding tert-OH is 4. The lowest BCUT2D eigenvalue weighted by molar-refractivity contribution is -0.178. The molecule has 0 aliphatic heterocycles. The number of unbranched alkanes of at least 4 members (excludes halogenated alkanes) is 16. The summed E-state index contributed by atoms with van der Waals surface area (Å²) in [5.74, 6) is -1.02. The first-order chi connectivity index (χ1) is 18.4. The van der Waals surface area contributed by atoms with Gasteiger partial charge in [-0.25, -0.2) is 0 Å². The van der Waals surface area contributed by atoms with E-state index in [0.29, 0.717) is 12.8 Å². The van der Waals surface area contributed by atoms with Gasteiger partial charge in [-0.2, -0.15) is 0 Å². The molecule has 4 atom stereocenters.